The molecule has 0 bridgehead atoms. The maximum absolute atomic E-state index is 12.2. The van der Waals surface area contributed by atoms with E-state index in [1.54, 1.807) is 54.6 Å². The Balaban J connectivity index is 0.953. The van der Waals surface area contributed by atoms with E-state index in [-0.39, 0.29) is 44.7 Å². The first kappa shape index (κ1) is 42.4. The lowest BCUT2D eigenvalue weighted by molar-refractivity contribution is 0.282. The van der Waals surface area contributed by atoms with Gasteiger partial charge in [0.1, 0.15) is 33.1 Å². The summed E-state index contributed by atoms with van der Waals surface area (Å²) in [5, 5.41) is 59.8. The third kappa shape index (κ3) is 8.49. The molecule has 0 saturated carbocycles. The molecule has 1 heterocycles. The largest absolute Gasteiger partial charge is 0.505 e. The molecule has 0 amide bonds. The molecule has 4 N–H and O–H groups in total. The number of hydrogen-bond donors (Lipinski definition) is 4. The van der Waals surface area contributed by atoms with Gasteiger partial charge < -0.3 is 14.9 Å². The van der Waals surface area contributed by atoms with Gasteiger partial charge in [-0.3, -0.25) is 9.11 Å². The van der Waals surface area contributed by atoms with Gasteiger partial charge in [-0.25, -0.2) is 0 Å². The van der Waals surface area contributed by atoms with Crippen LogP contribution in [-0.2, 0) is 26.8 Å². The molecule has 9 rings (SSSR count). The summed E-state index contributed by atoms with van der Waals surface area (Å²) in [6.45, 7) is 1.50. The Morgan fingerprint density at radius 3 is 2.02 bits per heavy atom. The van der Waals surface area contributed by atoms with E-state index in [0.29, 0.717) is 45.2 Å². The van der Waals surface area contributed by atoms with Crippen LogP contribution in [0.3, 0.4) is 0 Å². The van der Waals surface area contributed by atoms with Crippen molar-refractivity contribution < 1.29 is 40.9 Å². The fraction of sp³-hybridized carbons (Fsp3) is 0.0667. The van der Waals surface area contributed by atoms with Crippen LogP contribution in [0.25, 0.3) is 49.0 Å². The van der Waals surface area contributed by atoms with Gasteiger partial charge in [0.25, 0.3) is 20.2 Å². The number of benzene rings is 8. The van der Waals surface area contributed by atoms with E-state index >= 15 is 0 Å². The zero-order chi connectivity index (χ0) is 45.6. The highest BCUT2D eigenvalue weighted by Crippen LogP contribution is 2.41. The number of aromatic hydroxyl groups is 1. The summed E-state index contributed by atoms with van der Waals surface area (Å²) in [5.41, 5.74) is 4.64. The number of phenols is 1. The van der Waals surface area contributed by atoms with Crippen LogP contribution in [0.2, 0.25) is 0 Å². The van der Waals surface area contributed by atoms with Crippen molar-refractivity contribution in [1.82, 2.24) is 15.0 Å². The molecule has 324 valence electrons. The molecular weight excluding hydrogens is 875 g/mol. The van der Waals surface area contributed by atoms with Crippen LogP contribution >= 0.6 is 0 Å². The predicted octanol–water partition coefficient (Wildman–Crippen LogP) is 11.1. The van der Waals surface area contributed by atoms with Gasteiger partial charge in [0, 0.05) is 27.8 Å². The minimum absolute atomic E-state index is 0.00113. The molecule has 18 nitrogen and oxygen atoms in total. The topological polar surface area (TPSA) is 263 Å². The summed E-state index contributed by atoms with van der Waals surface area (Å²) in [5.74, 6) is 0.0851. The molecule has 0 atom stereocenters. The van der Waals surface area contributed by atoms with Gasteiger partial charge in [0.15, 0.2) is 5.75 Å². The Hall–Kier alpha value is -7.88. The van der Waals surface area contributed by atoms with E-state index in [1.807, 2.05) is 55.5 Å². The minimum Gasteiger partial charge on any atom is -0.505 e. The standard InChI is InChI=1S/C45H33N9O9S2/c1-25-17-30(10-15-37(25)48-47-31-9-7-26-5-3-4-6-27(26)18-31)46-50-40-23-42(63-2)41(20-29(40)24-55)51-49-39-14-8-28-19-32(11-12-34(28)45(39)56)54-52-38-16-13-35-36(44(38)53-54)21-33(64(57,58)59)22-43(35)65(60,61)62/h3-23,55-56H,24H2,1-2H3,(H,57,58,59)(H,60,61,62). The fourth-order valence-corrected chi connectivity index (χ4v) is 8.51. The van der Waals surface area contributed by atoms with Crippen molar-refractivity contribution in [2.24, 2.45) is 30.7 Å². The normalized spacial score (nSPS) is 12.6. The number of ether oxygens (including phenoxy) is 1. The predicted molar refractivity (Wildman–Crippen MR) is 242 cm³/mol. The lowest BCUT2D eigenvalue weighted by Gasteiger charge is -2.09. The first-order valence-corrected chi connectivity index (χ1v) is 22.3. The molecule has 9 aromatic rings. The quantitative estimate of drug-likeness (QED) is 0.0700. The molecule has 0 saturated heterocycles. The summed E-state index contributed by atoms with van der Waals surface area (Å²) >= 11 is 0. The Kier molecular flexibility index (Phi) is 10.9. The lowest BCUT2D eigenvalue weighted by Crippen LogP contribution is -2.04. The van der Waals surface area contributed by atoms with Gasteiger partial charge in [-0.2, -0.15) is 42.1 Å². The number of aliphatic hydroxyl groups is 1. The highest BCUT2D eigenvalue weighted by Gasteiger charge is 2.23. The molecule has 8 aromatic carbocycles. The van der Waals surface area contributed by atoms with E-state index in [0.717, 1.165) is 28.1 Å². The van der Waals surface area contributed by atoms with Crippen molar-refractivity contribution >= 4 is 97.7 Å². The zero-order valence-electron chi connectivity index (χ0n) is 34.0. The number of aromatic nitrogens is 3. The second-order valence-electron chi connectivity index (χ2n) is 14.6. The van der Waals surface area contributed by atoms with Crippen molar-refractivity contribution in [2.75, 3.05) is 7.11 Å². The number of aliphatic hydroxyl groups excluding tert-OH is 1. The Morgan fingerprint density at radius 2 is 1.28 bits per heavy atom. The van der Waals surface area contributed by atoms with Gasteiger partial charge >= 0.3 is 0 Å². The van der Waals surface area contributed by atoms with E-state index in [9.17, 15) is 36.2 Å². The summed E-state index contributed by atoms with van der Waals surface area (Å²) in [4.78, 5) is -0.257. The number of nitrogens with zero attached hydrogens (tertiary/aromatic N) is 9. The highest BCUT2D eigenvalue weighted by molar-refractivity contribution is 7.86. The van der Waals surface area contributed by atoms with Crippen LogP contribution in [0, 0.1) is 6.92 Å². The number of azo groups is 3. The Bertz CT molecular complexity index is 3740. The van der Waals surface area contributed by atoms with Crippen LogP contribution in [0.1, 0.15) is 11.1 Å². The molecule has 0 aliphatic heterocycles. The highest BCUT2D eigenvalue weighted by atomic mass is 32.2. The van der Waals surface area contributed by atoms with Gasteiger partial charge in [-0.05, 0) is 108 Å². The third-order valence-corrected chi connectivity index (χ3v) is 12.2. The van der Waals surface area contributed by atoms with Crippen LogP contribution in [-0.4, -0.2) is 58.3 Å². The maximum atomic E-state index is 12.2. The van der Waals surface area contributed by atoms with Crippen LogP contribution in [0.5, 0.6) is 11.5 Å². The number of rotatable bonds is 11. The Morgan fingerprint density at radius 1 is 0.600 bits per heavy atom. The Labute approximate surface area is 369 Å². The number of fused-ring (bicyclic) bond motifs is 5. The third-order valence-electron chi connectivity index (χ3n) is 10.5. The molecule has 0 fully saturated rings. The summed E-state index contributed by atoms with van der Waals surface area (Å²) in [6.07, 6.45) is 0. The molecule has 0 unspecified atom stereocenters. The van der Waals surface area contributed by atoms with Crippen molar-refractivity contribution in [1.29, 1.82) is 0 Å². The van der Waals surface area contributed by atoms with Crippen molar-refractivity contribution in [3.05, 3.63) is 139 Å². The summed E-state index contributed by atoms with van der Waals surface area (Å²) < 4.78 is 73.4. The summed E-state index contributed by atoms with van der Waals surface area (Å²) in [6, 6.07) is 35.0. The molecule has 1 aromatic heterocycles. The fourth-order valence-electron chi connectivity index (χ4n) is 7.17. The van der Waals surface area contributed by atoms with E-state index in [1.165, 1.54) is 24.0 Å². The van der Waals surface area contributed by atoms with E-state index in [4.69, 9.17) is 4.74 Å². The minimum atomic E-state index is -4.91. The van der Waals surface area contributed by atoms with E-state index in [2.05, 4.69) is 40.9 Å². The monoisotopic (exact) mass is 907 g/mol. The van der Waals surface area contributed by atoms with Gasteiger partial charge in [0.2, 0.25) is 0 Å². The van der Waals surface area contributed by atoms with E-state index < -0.39 is 36.6 Å². The van der Waals surface area contributed by atoms with Crippen molar-refractivity contribution in [3.63, 3.8) is 0 Å². The molecule has 0 aliphatic carbocycles. The SMILES string of the molecule is COc1cc(N=Nc2ccc(N=Nc3ccc4ccccc4c3)c(C)c2)c(CO)cc1N=Nc1ccc2cc(-n3nc4ccc5c(S(=O)(=O)O)cc(S(=O)(=O)O)cc5c4n3)ccc2c1O. The second-order valence-corrected chi connectivity index (χ2v) is 17.5. The molecule has 0 spiro atoms. The number of phenolic OH excluding ortho intramolecular Hbond substituents is 1. The van der Waals surface area contributed by atoms with Gasteiger partial charge in [0.05, 0.1) is 47.0 Å². The first-order chi connectivity index (χ1) is 31.2. The average Bonchev–Trinajstić information content (AvgIpc) is 3.74. The van der Waals surface area contributed by atoms with Gasteiger partial charge in [-0.15, -0.1) is 20.4 Å². The maximum Gasteiger partial charge on any atom is 0.295 e. The second kappa shape index (κ2) is 16.7. The molecule has 0 aliphatic rings. The van der Waals surface area contributed by atoms with Crippen molar-refractivity contribution in [3.8, 4) is 17.2 Å². The molecule has 0 radical (unpaired) electrons. The summed E-state index contributed by atoms with van der Waals surface area (Å²) in [7, 11) is -8.33. The number of aryl methyl sites for hydroxylation is 1. The van der Waals surface area contributed by atoms with Gasteiger partial charge in [-0.1, -0.05) is 42.5 Å². The molecule has 65 heavy (non-hydrogen) atoms. The van der Waals surface area contributed by atoms with Crippen molar-refractivity contribution in [2.45, 2.75) is 23.3 Å². The lowest BCUT2D eigenvalue weighted by atomic mass is 10.1. The number of methoxy groups -OCH3 is 1. The van der Waals surface area contributed by atoms with Crippen LogP contribution < -0.4 is 4.74 Å². The first-order valence-electron chi connectivity index (χ1n) is 19.4. The van der Waals surface area contributed by atoms with Crippen LogP contribution in [0.15, 0.2) is 168 Å². The molecular formula is C45H33N9O9S2. The zero-order valence-corrected chi connectivity index (χ0v) is 35.6. The average molecular weight is 908 g/mol. The molecule has 20 heteroatoms. The number of hydrogen-bond acceptors (Lipinski definition) is 15. The van der Waals surface area contributed by atoms with Crippen LogP contribution in [0.4, 0.5) is 34.1 Å². The smallest absolute Gasteiger partial charge is 0.295 e.